The fraction of sp³-hybridized carbons (Fsp3) is 0.833. The van der Waals surface area contributed by atoms with Crippen LogP contribution >= 0.6 is 0 Å². The first kappa shape index (κ1) is 11.7. The van der Waals surface area contributed by atoms with E-state index >= 15 is 0 Å². The summed E-state index contributed by atoms with van der Waals surface area (Å²) in [6.45, 7) is 11.9. The number of rotatable bonds is 5. The normalized spacial score (nSPS) is 22.1. The molecule has 1 aliphatic rings. The first-order chi connectivity index (χ1) is 6.77. The van der Waals surface area contributed by atoms with Crippen LogP contribution < -0.4 is 5.32 Å². The lowest BCUT2D eigenvalue weighted by Gasteiger charge is -2.36. The molecule has 0 aromatic heterocycles. The Labute approximate surface area is 88.4 Å². The summed E-state index contributed by atoms with van der Waals surface area (Å²) >= 11 is 0. The molecule has 0 aliphatic carbocycles. The van der Waals surface area contributed by atoms with Gasteiger partial charge < -0.3 is 10.2 Å². The summed E-state index contributed by atoms with van der Waals surface area (Å²) < 4.78 is 0. The third-order valence-corrected chi connectivity index (χ3v) is 3.15. The van der Waals surface area contributed by atoms with Gasteiger partial charge in [-0.25, -0.2) is 0 Å². The molecule has 0 aromatic carbocycles. The highest BCUT2D eigenvalue weighted by Crippen LogP contribution is 2.14. The lowest BCUT2D eigenvalue weighted by molar-refractivity contribution is 0.153. The average Bonchev–Trinajstić information content (AvgIpc) is 2.20. The summed E-state index contributed by atoms with van der Waals surface area (Å²) in [5.74, 6) is 0. The molecule has 0 spiro atoms. The van der Waals surface area contributed by atoms with E-state index in [2.05, 4.69) is 30.6 Å². The van der Waals surface area contributed by atoms with Gasteiger partial charge in [-0.15, -0.1) is 6.58 Å². The topological polar surface area (TPSA) is 15.3 Å². The highest BCUT2D eigenvalue weighted by atomic mass is 15.2. The minimum Gasteiger partial charge on any atom is -0.314 e. The van der Waals surface area contributed by atoms with Crippen LogP contribution in [-0.4, -0.2) is 36.6 Å². The number of nitrogens with zero attached hydrogens (tertiary/aromatic N) is 1. The van der Waals surface area contributed by atoms with Crippen LogP contribution in [0.5, 0.6) is 0 Å². The maximum Gasteiger partial charge on any atom is 0.0101 e. The van der Waals surface area contributed by atoms with Crippen LogP contribution in [0.1, 0.15) is 33.1 Å². The lowest BCUT2D eigenvalue weighted by Crippen LogP contribution is -2.45. The van der Waals surface area contributed by atoms with Crippen LogP contribution in [0.15, 0.2) is 12.7 Å². The van der Waals surface area contributed by atoms with Gasteiger partial charge in [0.1, 0.15) is 0 Å². The molecular weight excluding hydrogens is 172 g/mol. The van der Waals surface area contributed by atoms with Gasteiger partial charge in [0.2, 0.25) is 0 Å². The SMILES string of the molecule is C=CCC(C)N1CCC(NCC)CC1. The molecule has 82 valence electrons. The lowest BCUT2D eigenvalue weighted by atomic mass is 10.0. The van der Waals surface area contributed by atoms with Gasteiger partial charge in [0, 0.05) is 12.1 Å². The van der Waals surface area contributed by atoms with Crippen molar-refractivity contribution in [2.24, 2.45) is 0 Å². The molecule has 2 nitrogen and oxygen atoms in total. The molecule has 0 amide bonds. The minimum atomic E-state index is 0.676. The van der Waals surface area contributed by atoms with E-state index in [1.807, 2.05) is 6.08 Å². The van der Waals surface area contributed by atoms with E-state index in [0.717, 1.165) is 19.0 Å². The van der Waals surface area contributed by atoms with Crippen LogP contribution in [0, 0.1) is 0 Å². The fourth-order valence-electron chi connectivity index (χ4n) is 2.22. The Kier molecular flexibility index (Phi) is 5.20. The zero-order valence-corrected chi connectivity index (χ0v) is 9.63. The van der Waals surface area contributed by atoms with E-state index in [1.54, 1.807) is 0 Å². The van der Waals surface area contributed by atoms with E-state index in [9.17, 15) is 0 Å². The Balaban J connectivity index is 2.24. The maximum absolute atomic E-state index is 3.80. The van der Waals surface area contributed by atoms with Crippen molar-refractivity contribution in [2.75, 3.05) is 19.6 Å². The van der Waals surface area contributed by atoms with Gasteiger partial charge in [-0.3, -0.25) is 0 Å². The molecular formula is C12H24N2. The van der Waals surface area contributed by atoms with Gasteiger partial charge >= 0.3 is 0 Å². The van der Waals surface area contributed by atoms with Gasteiger partial charge in [-0.1, -0.05) is 13.0 Å². The highest BCUT2D eigenvalue weighted by Gasteiger charge is 2.20. The highest BCUT2D eigenvalue weighted by molar-refractivity contribution is 4.83. The molecule has 1 atom stereocenters. The maximum atomic E-state index is 3.80. The van der Waals surface area contributed by atoms with Gasteiger partial charge in [-0.2, -0.15) is 0 Å². The van der Waals surface area contributed by atoms with Crippen molar-refractivity contribution in [1.82, 2.24) is 10.2 Å². The second-order valence-corrected chi connectivity index (χ2v) is 4.24. The molecule has 0 radical (unpaired) electrons. The van der Waals surface area contributed by atoms with Crippen molar-refractivity contribution < 1.29 is 0 Å². The summed E-state index contributed by atoms with van der Waals surface area (Å²) in [6, 6.07) is 1.43. The van der Waals surface area contributed by atoms with E-state index in [0.29, 0.717) is 6.04 Å². The monoisotopic (exact) mass is 196 g/mol. The molecule has 1 aliphatic heterocycles. The molecule has 2 heteroatoms. The van der Waals surface area contributed by atoms with Crippen LogP contribution in [0.4, 0.5) is 0 Å². The summed E-state index contributed by atoms with van der Waals surface area (Å²) in [4.78, 5) is 2.58. The minimum absolute atomic E-state index is 0.676. The largest absolute Gasteiger partial charge is 0.314 e. The van der Waals surface area contributed by atoms with Crippen LogP contribution in [0.3, 0.4) is 0 Å². The molecule has 1 fully saturated rings. The zero-order valence-electron chi connectivity index (χ0n) is 9.63. The molecule has 1 N–H and O–H groups in total. The van der Waals surface area contributed by atoms with Gasteiger partial charge in [0.15, 0.2) is 0 Å². The van der Waals surface area contributed by atoms with E-state index in [1.165, 1.54) is 25.9 Å². The Bertz CT molecular complexity index is 160. The molecule has 0 saturated carbocycles. The molecule has 0 aromatic rings. The molecule has 14 heavy (non-hydrogen) atoms. The molecule has 0 bridgehead atoms. The van der Waals surface area contributed by atoms with Crippen molar-refractivity contribution in [1.29, 1.82) is 0 Å². The summed E-state index contributed by atoms with van der Waals surface area (Å²) in [6.07, 6.45) is 5.75. The second-order valence-electron chi connectivity index (χ2n) is 4.24. The van der Waals surface area contributed by atoms with E-state index in [4.69, 9.17) is 0 Å². The van der Waals surface area contributed by atoms with Crippen LogP contribution in [0.25, 0.3) is 0 Å². The van der Waals surface area contributed by atoms with Gasteiger partial charge in [0.25, 0.3) is 0 Å². The molecule has 1 unspecified atom stereocenters. The number of hydrogen-bond donors (Lipinski definition) is 1. The van der Waals surface area contributed by atoms with E-state index in [-0.39, 0.29) is 0 Å². The van der Waals surface area contributed by atoms with Crippen molar-refractivity contribution in [3.63, 3.8) is 0 Å². The standard InChI is InChI=1S/C12H24N2/c1-4-6-11(3)14-9-7-12(8-10-14)13-5-2/h4,11-13H,1,5-10H2,2-3H3. The zero-order chi connectivity index (χ0) is 10.4. The van der Waals surface area contributed by atoms with Gasteiger partial charge in [-0.05, 0) is 45.8 Å². The van der Waals surface area contributed by atoms with Crippen LogP contribution in [-0.2, 0) is 0 Å². The Morgan fingerprint density at radius 2 is 2.14 bits per heavy atom. The summed E-state index contributed by atoms with van der Waals surface area (Å²) in [5.41, 5.74) is 0. The van der Waals surface area contributed by atoms with Crippen molar-refractivity contribution in [2.45, 2.75) is 45.2 Å². The third kappa shape index (κ3) is 3.43. The average molecular weight is 196 g/mol. The number of nitrogens with one attached hydrogen (secondary N) is 1. The Morgan fingerprint density at radius 1 is 1.50 bits per heavy atom. The number of hydrogen-bond acceptors (Lipinski definition) is 2. The second kappa shape index (κ2) is 6.20. The predicted octanol–water partition coefficient (Wildman–Crippen LogP) is 2.02. The van der Waals surface area contributed by atoms with Crippen LogP contribution in [0.2, 0.25) is 0 Å². The molecule has 1 heterocycles. The summed E-state index contributed by atoms with van der Waals surface area (Å²) in [7, 11) is 0. The smallest absolute Gasteiger partial charge is 0.0101 e. The Morgan fingerprint density at radius 3 is 2.64 bits per heavy atom. The van der Waals surface area contributed by atoms with Crippen molar-refractivity contribution in [3.8, 4) is 0 Å². The quantitative estimate of drug-likeness (QED) is 0.677. The van der Waals surface area contributed by atoms with Gasteiger partial charge in [0.05, 0.1) is 0 Å². The fourth-order valence-corrected chi connectivity index (χ4v) is 2.22. The number of likely N-dealkylation sites (tertiary alicyclic amines) is 1. The van der Waals surface area contributed by atoms with E-state index < -0.39 is 0 Å². The number of piperidine rings is 1. The molecule has 1 rings (SSSR count). The first-order valence-electron chi connectivity index (χ1n) is 5.86. The Hall–Kier alpha value is -0.340. The third-order valence-electron chi connectivity index (χ3n) is 3.15. The first-order valence-corrected chi connectivity index (χ1v) is 5.86. The summed E-state index contributed by atoms with van der Waals surface area (Å²) in [5, 5.41) is 3.53. The predicted molar refractivity (Wildman–Crippen MR) is 62.5 cm³/mol. The van der Waals surface area contributed by atoms with Crippen molar-refractivity contribution >= 4 is 0 Å². The molecule has 1 saturated heterocycles. The van der Waals surface area contributed by atoms with Crippen molar-refractivity contribution in [3.05, 3.63) is 12.7 Å².